The number of hydrogen-bond acceptors (Lipinski definition) is 1. The van der Waals surface area contributed by atoms with Crippen LogP contribution >= 0.6 is 27.5 Å². The third-order valence-corrected chi connectivity index (χ3v) is 3.70. The van der Waals surface area contributed by atoms with Gasteiger partial charge in [0.2, 0.25) is 0 Å². The highest BCUT2D eigenvalue weighted by atomic mass is 79.9. The Labute approximate surface area is 123 Å². The molecule has 0 aliphatic rings. The van der Waals surface area contributed by atoms with Gasteiger partial charge < -0.3 is 4.98 Å². The van der Waals surface area contributed by atoms with Gasteiger partial charge in [0, 0.05) is 37.7 Å². The van der Waals surface area contributed by atoms with Crippen molar-refractivity contribution in [3.05, 3.63) is 69.3 Å². The van der Waals surface area contributed by atoms with E-state index in [2.05, 4.69) is 20.9 Å². The topological polar surface area (TPSA) is 32.9 Å². The fraction of sp³-hybridized carbons (Fsp3) is 0. The smallest absolute Gasteiger partial charge is 0.195 e. The molecule has 1 aromatic heterocycles. The largest absolute Gasteiger partial charge is 0.360 e. The number of aromatic amines is 1. The maximum absolute atomic E-state index is 12.5. The number of ketones is 1. The third kappa shape index (κ3) is 2.31. The molecule has 0 aliphatic heterocycles. The number of hydrogen-bond donors (Lipinski definition) is 1. The Morgan fingerprint density at radius 2 is 2.00 bits per heavy atom. The molecule has 0 bridgehead atoms. The van der Waals surface area contributed by atoms with Crippen molar-refractivity contribution in [3.63, 3.8) is 0 Å². The first kappa shape index (κ1) is 12.5. The van der Waals surface area contributed by atoms with Gasteiger partial charge in [-0.05, 0) is 30.3 Å². The molecule has 3 rings (SSSR count). The number of rotatable bonds is 2. The fourth-order valence-electron chi connectivity index (χ4n) is 2.07. The molecule has 1 heterocycles. The van der Waals surface area contributed by atoms with Crippen molar-refractivity contribution in [2.75, 3.05) is 0 Å². The van der Waals surface area contributed by atoms with E-state index < -0.39 is 0 Å². The van der Waals surface area contributed by atoms with Gasteiger partial charge in [0.05, 0.1) is 0 Å². The number of fused-ring (bicyclic) bond motifs is 1. The molecule has 3 aromatic rings. The second kappa shape index (κ2) is 4.83. The molecule has 1 N–H and O–H groups in total. The van der Waals surface area contributed by atoms with Gasteiger partial charge >= 0.3 is 0 Å². The third-order valence-electron chi connectivity index (χ3n) is 2.98. The molecule has 2 aromatic carbocycles. The first-order valence-electron chi connectivity index (χ1n) is 5.72. The minimum atomic E-state index is -0.0353. The van der Waals surface area contributed by atoms with Crippen LogP contribution < -0.4 is 0 Å². The Hall–Kier alpha value is -1.58. The van der Waals surface area contributed by atoms with Crippen molar-refractivity contribution < 1.29 is 4.79 Å². The van der Waals surface area contributed by atoms with E-state index >= 15 is 0 Å². The Bertz CT molecular complexity index is 779. The molecule has 19 heavy (non-hydrogen) atoms. The van der Waals surface area contributed by atoms with Gasteiger partial charge in [-0.15, -0.1) is 0 Å². The Morgan fingerprint density at radius 1 is 1.16 bits per heavy atom. The summed E-state index contributed by atoms with van der Waals surface area (Å²) in [6.07, 6.45) is 1.74. The van der Waals surface area contributed by atoms with Crippen molar-refractivity contribution in [3.8, 4) is 0 Å². The first-order valence-corrected chi connectivity index (χ1v) is 6.89. The lowest BCUT2D eigenvalue weighted by Crippen LogP contribution is -1.99. The number of H-pyrrole nitrogens is 1. The highest BCUT2D eigenvalue weighted by Gasteiger charge is 2.14. The zero-order valence-corrected chi connectivity index (χ0v) is 12.1. The Kier molecular flexibility index (Phi) is 3.17. The SMILES string of the molecule is O=C(c1cccc(Cl)c1)c1c[nH]c2ccc(Br)cc12. The summed E-state index contributed by atoms with van der Waals surface area (Å²) in [7, 11) is 0. The fourth-order valence-corrected chi connectivity index (χ4v) is 2.62. The normalized spacial score (nSPS) is 10.8. The molecule has 0 saturated heterocycles. The lowest BCUT2D eigenvalue weighted by atomic mass is 10.0. The van der Waals surface area contributed by atoms with Gasteiger partial charge in [0.15, 0.2) is 5.78 Å². The lowest BCUT2D eigenvalue weighted by molar-refractivity contribution is 0.104. The molecular weight excluding hydrogens is 326 g/mol. The van der Waals surface area contributed by atoms with Crippen LogP contribution in [0.3, 0.4) is 0 Å². The van der Waals surface area contributed by atoms with E-state index in [0.717, 1.165) is 15.4 Å². The van der Waals surface area contributed by atoms with Gasteiger partial charge in [-0.2, -0.15) is 0 Å². The predicted molar refractivity (Wildman–Crippen MR) is 80.9 cm³/mol. The number of carbonyl (C=O) groups excluding carboxylic acids is 1. The highest BCUT2D eigenvalue weighted by Crippen LogP contribution is 2.25. The Balaban J connectivity index is 2.14. The van der Waals surface area contributed by atoms with Gasteiger partial charge in [0.25, 0.3) is 0 Å². The van der Waals surface area contributed by atoms with Crippen molar-refractivity contribution >= 4 is 44.2 Å². The van der Waals surface area contributed by atoms with Crippen molar-refractivity contribution in [2.45, 2.75) is 0 Å². The van der Waals surface area contributed by atoms with Crippen LogP contribution in [-0.2, 0) is 0 Å². The van der Waals surface area contributed by atoms with E-state index in [1.807, 2.05) is 18.2 Å². The summed E-state index contributed by atoms with van der Waals surface area (Å²) >= 11 is 9.35. The van der Waals surface area contributed by atoms with E-state index in [-0.39, 0.29) is 5.78 Å². The molecule has 0 saturated carbocycles. The molecule has 94 valence electrons. The standard InChI is InChI=1S/C15H9BrClNO/c16-10-4-5-14-12(7-10)13(8-18-14)15(19)9-2-1-3-11(17)6-9/h1-8,18H. The molecule has 0 fully saturated rings. The summed E-state index contributed by atoms with van der Waals surface area (Å²) < 4.78 is 0.944. The molecule has 0 atom stereocenters. The molecule has 0 aliphatic carbocycles. The molecule has 0 amide bonds. The number of carbonyl (C=O) groups is 1. The summed E-state index contributed by atoms with van der Waals surface area (Å²) in [5, 5.41) is 1.46. The second-order valence-electron chi connectivity index (χ2n) is 4.23. The van der Waals surface area contributed by atoms with E-state index in [1.165, 1.54) is 0 Å². The number of benzene rings is 2. The Morgan fingerprint density at radius 3 is 2.79 bits per heavy atom. The zero-order chi connectivity index (χ0) is 13.4. The van der Waals surface area contributed by atoms with Gasteiger partial charge in [-0.25, -0.2) is 0 Å². The van der Waals surface area contributed by atoms with Gasteiger partial charge in [-0.1, -0.05) is 39.7 Å². The zero-order valence-electron chi connectivity index (χ0n) is 9.78. The number of nitrogens with one attached hydrogen (secondary N) is 1. The monoisotopic (exact) mass is 333 g/mol. The van der Waals surface area contributed by atoms with Crippen molar-refractivity contribution in [1.29, 1.82) is 0 Å². The highest BCUT2D eigenvalue weighted by molar-refractivity contribution is 9.10. The lowest BCUT2D eigenvalue weighted by Gasteiger charge is -2.01. The van der Waals surface area contributed by atoms with Crippen LogP contribution in [0.5, 0.6) is 0 Å². The number of halogens is 2. The summed E-state index contributed by atoms with van der Waals surface area (Å²) in [4.78, 5) is 15.6. The van der Waals surface area contributed by atoms with Crippen LogP contribution in [0.1, 0.15) is 15.9 Å². The summed E-state index contributed by atoms with van der Waals surface area (Å²) in [5.74, 6) is -0.0353. The summed E-state index contributed by atoms with van der Waals surface area (Å²) in [6.45, 7) is 0. The van der Waals surface area contributed by atoms with E-state index in [4.69, 9.17) is 11.6 Å². The molecule has 4 heteroatoms. The maximum atomic E-state index is 12.5. The van der Waals surface area contributed by atoms with E-state index in [9.17, 15) is 4.79 Å². The summed E-state index contributed by atoms with van der Waals surface area (Å²) in [6, 6.07) is 12.8. The molecule has 0 spiro atoms. The minimum Gasteiger partial charge on any atom is -0.360 e. The average molecular weight is 335 g/mol. The predicted octanol–water partition coefficient (Wildman–Crippen LogP) is 4.81. The van der Waals surface area contributed by atoms with Crippen LogP contribution in [0.25, 0.3) is 10.9 Å². The number of aromatic nitrogens is 1. The molecule has 0 unspecified atom stereocenters. The van der Waals surface area contributed by atoms with Crippen LogP contribution in [0, 0.1) is 0 Å². The summed E-state index contributed by atoms with van der Waals surface area (Å²) in [5.41, 5.74) is 2.18. The first-order chi connectivity index (χ1) is 9.15. The van der Waals surface area contributed by atoms with Crippen LogP contribution in [0.2, 0.25) is 5.02 Å². The van der Waals surface area contributed by atoms with Crippen LogP contribution in [0.15, 0.2) is 53.1 Å². The van der Waals surface area contributed by atoms with Crippen molar-refractivity contribution in [2.24, 2.45) is 0 Å². The molecular formula is C15H9BrClNO. The van der Waals surface area contributed by atoms with E-state index in [0.29, 0.717) is 16.1 Å². The van der Waals surface area contributed by atoms with Gasteiger partial charge in [0.1, 0.15) is 0 Å². The van der Waals surface area contributed by atoms with Crippen LogP contribution in [-0.4, -0.2) is 10.8 Å². The van der Waals surface area contributed by atoms with Gasteiger partial charge in [-0.3, -0.25) is 4.79 Å². The quantitative estimate of drug-likeness (QED) is 0.670. The maximum Gasteiger partial charge on any atom is 0.195 e. The molecule has 2 nitrogen and oxygen atoms in total. The van der Waals surface area contributed by atoms with Crippen LogP contribution in [0.4, 0.5) is 0 Å². The van der Waals surface area contributed by atoms with E-state index in [1.54, 1.807) is 30.5 Å². The molecule has 0 radical (unpaired) electrons. The minimum absolute atomic E-state index is 0.0353. The van der Waals surface area contributed by atoms with Crippen molar-refractivity contribution in [1.82, 2.24) is 4.98 Å². The second-order valence-corrected chi connectivity index (χ2v) is 5.58. The average Bonchev–Trinajstić information content (AvgIpc) is 2.80.